The zero-order valence-electron chi connectivity index (χ0n) is 25.7. The number of carbonyl (C=O) groups excluding carboxylic acids is 3. The van der Waals surface area contributed by atoms with Crippen LogP contribution in [-0.2, 0) is 25.7 Å². The van der Waals surface area contributed by atoms with Gasteiger partial charge in [-0.15, -0.1) is 0 Å². The number of Topliss-reactive ketones (excluding diaryl/α,β-unsaturated/α-hetero) is 1. The molecule has 42 heavy (non-hydrogen) atoms. The lowest BCUT2D eigenvalue weighted by molar-refractivity contribution is -0.991. The lowest BCUT2D eigenvalue weighted by atomic mass is 9.89. The predicted octanol–water partition coefficient (Wildman–Crippen LogP) is 5.10. The highest BCUT2D eigenvalue weighted by atomic mass is 16.8. The van der Waals surface area contributed by atoms with Gasteiger partial charge in [0.2, 0.25) is 5.91 Å². The molecule has 1 amide bonds. The number of quaternary nitrogens is 1. The summed E-state index contributed by atoms with van der Waals surface area (Å²) >= 11 is 0. The van der Waals surface area contributed by atoms with E-state index in [1.54, 1.807) is 12.1 Å². The van der Waals surface area contributed by atoms with Crippen LogP contribution in [0.2, 0.25) is 0 Å². The Kier molecular flexibility index (Phi) is 16.6. The van der Waals surface area contributed by atoms with E-state index in [4.69, 9.17) is 9.94 Å². The summed E-state index contributed by atoms with van der Waals surface area (Å²) in [4.78, 5) is 37.8. The second-order valence-electron chi connectivity index (χ2n) is 12.0. The Bertz CT molecular complexity index is 977. The van der Waals surface area contributed by atoms with Gasteiger partial charge in [0.05, 0.1) is 6.10 Å². The Morgan fingerprint density at radius 1 is 1.12 bits per heavy atom. The van der Waals surface area contributed by atoms with Crippen molar-refractivity contribution in [3.8, 4) is 0 Å². The zero-order valence-corrected chi connectivity index (χ0v) is 25.7. The van der Waals surface area contributed by atoms with Crippen LogP contribution < -0.4 is 10.5 Å². The number of aliphatic hydroxyl groups excluding tert-OH is 1. The van der Waals surface area contributed by atoms with Crippen LogP contribution in [0.5, 0.6) is 0 Å². The third kappa shape index (κ3) is 13.6. The van der Waals surface area contributed by atoms with Gasteiger partial charge >= 0.3 is 5.97 Å². The minimum Gasteiger partial charge on any atom is -0.595 e. The lowest BCUT2D eigenvalue weighted by Gasteiger charge is -2.19. The molecule has 1 fully saturated rings. The first-order chi connectivity index (χ1) is 20.1. The van der Waals surface area contributed by atoms with E-state index >= 15 is 0 Å². The minimum absolute atomic E-state index is 0.00286. The van der Waals surface area contributed by atoms with Crippen molar-refractivity contribution < 1.29 is 34.7 Å². The Morgan fingerprint density at radius 3 is 2.50 bits per heavy atom. The van der Waals surface area contributed by atoms with Gasteiger partial charge in [-0.25, -0.2) is 10.0 Å². The molecular formula is C33H52N2O7. The molecule has 0 bridgehead atoms. The van der Waals surface area contributed by atoms with Gasteiger partial charge in [0, 0.05) is 30.9 Å². The summed E-state index contributed by atoms with van der Waals surface area (Å²) in [6, 6.07) is 5.39. The average molecular weight is 589 g/mol. The molecule has 0 aromatic heterocycles. The van der Waals surface area contributed by atoms with Crippen LogP contribution >= 0.6 is 0 Å². The highest BCUT2D eigenvalue weighted by Crippen LogP contribution is 2.34. The van der Waals surface area contributed by atoms with Crippen LogP contribution in [0.4, 0.5) is 5.69 Å². The zero-order chi connectivity index (χ0) is 30.9. The smallest absolute Gasteiger partial charge is 0.328 e. The number of benzene rings is 1. The third-order valence-corrected chi connectivity index (χ3v) is 7.92. The first kappa shape index (κ1) is 35.6. The number of hydrogen-bond donors (Lipinski definition) is 4. The first-order valence-electron chi connectivity index (χ1n) is 15.8. The molecule has 0 saturated heterocycles. The van der Waals surface area contributed by atoms with Crippen molar-refractivity contribution in [2.24, 2.45) is 17.8 Å². The molecule has 1 aromatic carbocycles. The number of esters is 1. The molecule has 2 rings (SSSR count). The highest BCUT2D eigenvalue weighted by molar-refractivity contribution is 5.84. The van der Waals surface area contributed by atoms with E-state index in [1.807, 2.05) is 19.9 Å². The van der Waals surface area contributed by atoms with Crippen molar-refractivity contribution in [1.82, 2.24) is 5.32 Å². The van der Waals surface area contributed by atoms with Crippen molar-refractivity contribution in [2.75, 3.05) is 0 Å². The summed E-state index contributed by atoms with van der Waals surface area (Å²) in [5, 5.41) is 32.0. The van der Waals surface area contributed by atoms with E-state index in [0.29, 0.717) is 37.0 Å². The SMILES string of the molecule is CCCCCC(O)C=CC1CCC(=O)C1CCCCCCC(=O)NC(CC(C)C)C(=O)OCc1ccc([NH+]([O-])O)cc1. The third-order valence-electron chi connectivity index (χ3n) is 7.92. The van der Waals surface area contributed by atoms with Crippen LogP contribution in [0.25, 0.3) is 0 Å². The standard InChI is InChI=1S/C33H52N2O7/c1-4-5-8-11-28(36)20-16-26-17-21-31(37)29(26)12-9-6-7-10-13-32(38)34-30(22-24(2)3)33(39)42-23-25-14-18-27(19-15-25)35(40)41/h14-16,18-20,24,26,28-30,35-36,40H,4-13,17,21-23H2,1-3H3,(H,34,38). The Balaban J connectivity index is 1.69. The number of hydrogen-bond acceptors (Lipinski definition) is 7. The van der Waals surface area contributed by atoms with Crippen LogP contribution in [0.15, 0.2) is 36.4 Å². The molecule has 0 heterocycles. The Hall–Kier alpha value is -2.59. The van der Waals surface area contributed by atoms with Gasteiger partial charge in [-0.1, -0.05) is 71.4 Å². The summed E-state index contributed by atoms with van der Waals surface area (Å²) in [5.41, 5.74) is 0.831. The Morgan fingerprint density at radius 2 is 1.83 bits per heavy atom. The van der Waals surface area contributed by atoms with Crippen molar-refractivity contribution in [2.45, 2.75) is 123 Å². The summed E-state index contributed by atoms with van der Waals surface area (Å²) in [6.07, 6.45) is 14.1. The van der Waals surface area contributed by atoms with Crippen molar-refractivity contribution in [1.29, 1.82) is 0 Å². The number of unbranched alkanes of at least 4 members (excludes halogenated alkanes) is 5. The molecule has 236 valence electrons. The van der Waals surface area contributed by atoms with E-state index in [9.17, 15) is 24.7 Å². The van der Waals surface area contributed by atoms with Crippen LogP contribution in [-0.4, -0.2) is 40.1 Å². The van der Waals surface area contributed by atoms with Gasteiger partial charge in [0.15, 0.2) is 5.69 Å². The number of carbonyl (C=O) groups is 3. The molecule has 0 aliphatic heterocycles. The number of aliphatic hydroxyl groups is 1. The maximum absolute atomic E-state index is 12.7. The van der Waals surface area contributed by atoms with Crippen LogP contribution in [0, 0.1) is 23.0 Å². The number of ether oxygens (including phenoxy) is 1. The largest absolute Gasteiger partial charge is 0.595 e. The molecule has 0 radical (unpaired) electrons. The topological polar surface area (TPSA) is 140 Å². The van der Waals surface area contributed by atoms with Crippen molar-refractivity contribution >= 4 is 23.3 Å². The van der Waals surface area contributed by atoms with Gasteiger partial charge in [-0.05, 0) is 61.6 Å². The van der Waals surface area contributed by atoms with Gasteiger partial charge < -0.3 is 20.4 Å². The molecule has 1 aliphatic rings. The summed E-state index contributed by atoms with van der Waals surface area (Å²) in [7, 11) is 0. The molecule has 5 atom stereocenters. The normalized spacial score (nSPS) is 19.3. The quantitative estimate of drug-likeness (QED) is 0.0719. The lowest BCUT2D eigenvalue weighted by Crippen LogP contribution is -2.99. The predicted molar refractivity (Wildman–Crippen MR) is 162 cm³/mol. The van der Waals surface area contributed by atoms with Crippen molar-refractivity contribution in [3.63, 3.8) is 0 Å². The minimum atomic E-state index is -1.02. The van der Waals surface area contributed by atoms with E-state index in [-0.39, 0.29) is 36.0 Å². The number of allylic oxidation sites excluding steroid dienone is 1. The molecule has 9 nitrogen and oxygen atoms in total. The second-order valence-corrected chi connectivity index (χ2v) is 12.0. The highest BCUT2D eigenvalue weighted by Gasteiger charge is 2.32. The van der Waals surface area contributed by atoms with Crippen LogP contribution in [0.1, 0.15) is 110 Å². The number of ketones is 1. The molecule has 1 aromatic rings. The van der Waals surface area contributed by atoms with Crippen LogP contribution in [0.3, 0.4) is 0 Å². The fourth-order valence-corrected chi connectivity index (χ4v) is 5.46. The Labute approximate surface area is 251 Å². The summed E-state index contributed by atoms with van der Waals surface area (Å²) in [6.45, 7) is 6.10. The fraction of sp³-hybridized carbons (Fsp3) is 0.667. The molecule has 1 saturated carbocycles. The van der Waals surface area contributed by atoms with E-state index in [1.165, 1.54) is 12.1 Å². The van der Waals surface area contributed by atoms with Gasteiger partial charge in [-0.2, -0.15) is 5.23 Å². The summed E-state index contributed by atoms with van der Waals surface area (Å²) < 4.78 is 5.42. The maximum Gasteiger partial charge on any atom is 0.328 e. The number of nitrogens with one attached hydrogen (secondary N) is 2. The van der Waals surface area contributed by atoms with Gasteiger partial charge in [0.1, 0.15) is 18.4 Å². The van der Waals surface area contributed by atoms with Gasteiger partial charge in [-0.3, -0.25) is 9.59 Å². The second kappa shape index (κ2) is 19.6. The molecule has 5 unspecified atom stereocenters. The molecule has 4 N–H and O–H groups in total. The maximum atomic E-state index is 12.7. The average Bonchev–Trinajstić information content (AvgIpc) is 3.30. The number of rotatable bonds is 20. The first-order valence-corrected chi connectivity index (χ1v) is 15.8. The van der Waals surface area contributed by atoms with Gasteiger partial charge in [0.25, 0.3) is 0 Å². The van der Waals surface area contributed by atoms with Crippen molar-refractivity contribution in [3.05, 3.63) is 47.2 Å². The molecule has 0 spiro atoms. The molecule has 9 heteroatoms. The van der Waals surface area contributed by atoms with E-state index in [2.05, 4.69) is 18.3 Å². The van der Waals surface area contributed by atoms with E-state index < -0.39 is 23.3 Å². The summed E-state index contributed by atoms with van der Waals surface area (Å²) in [5.74, 6) is 0.0646. The number of amides is 1. The molecular weight excluding hydrogens is 536 g/mol. The monoisotopic (exact) mass is 588 g/mol. The molecule has 1 aliphatic carbocycles. The van der Waals surface area contributed by atoms with E-state index in [0.717, 1.165) is 57.8 Å². The fourth-order valence-electron chi connectivity index (χ4n) is 5.46.